The van der Waals surface area contributed by atoms with Gasteiger partial charge in [-0.25, -0.2) is 0 Å². The number of piperazine rings is 1. The molecule has 1 aliphatic carbocycles. The molecule has 2 aromatic heterocycles. The van der Waals surface area contributed by atoms with Crippen molar-refractivity contribution in [3.8, 4) is 0 Å². The van der Waals surface area contributed by atoms with Gasteiger partial charge in [0.15, 0.2) is 0 Å². The molecule has 128 valence electrons. The third-order valence-corrected chi connectivity index (χ3v) is 6.14. The molecule has 1 saturated carbocycles. The Kier molecular flexibility index (Phi) is 4.41. The van der Waals surface area contributed by atoms with Gasteiger partial charge in [0.1, 0.15) is 0 Å². The number of aromatic nitrogens is 2. The Labute approximate surface area is 146 Å². The van der Waals surface area contributed by atoms with E-state index < -0.39 is 0 Å². The normalized spacial score (nSPS) is 24.3. The van der Waals surface area contributed by atoms with Gasteiger partial charge < -0.3 is 4.90 Å². The van der Waals surface area contributed by atoms with Gasteiger partial charge in [-0.1, -0.05) is 6.07 Å². The number of hydrogen-bond acceptors (Lipinski definition) is 4. The van der Waals surface area contributed by atoms with Crippen molar-refractivity contribution in [3.63, 3.8) is 0 Å². The van der Waals surface area contributed by atoms with E-state index in [0.29, 0.717) is 11.8 Å². The zero-order valence-corrected chi connectivity index (χ0v) is 14.9. The highest BCUT2D eigenvalue weighted by Crippen LogP contribution is 2.48. The van der Waals surface area contributed by atoms with E-state index in [1.165, 1.54) is 10.4 Å². The molecular formula is C18H24N4OS. The number of thiophene rings is 1. The van der Waals surface area contributed by atoms with Crippen LogP contribution in [0.2, 0.25) is 0 Å². The second kappa shape index (κ2) is 6.69. The molecule has 1 amide bonds. The van der Waals surface area contributed by atoms with Crippen LogP contribution < -0.4 is 0 Å². The molecule has 1 saturated heterocycles. The fourth-order valence-corrected chi connectivity index (χ4v) is 4.32. The van der Waals surface area contributed by atoms with E-state index in [9.17, 15) is 4.79 Å². The van der Waals surface area contributed by atoms with Gasteiger partial charge in [0, 0.05) is 56.8 Å². The van der Waals surface area contributed by atoms with E-state index in [-0.39, 0.29) is 5.92 Å². The van der Waals surface area contributed by atoms with Gasteiger partial charge in [-0.3, -0.25) is 14.4 Å². The molecule has 1 aliphatic heterocycles. The number of rotatable bonds is 5. The summed E-state index contributed by atoms with van der Waals surface area (Å²) in [5.74, 6) is 0.927. The molecule has 3 heterocycles. The minimum absolute atomic E-state index is 0.187. The highest BCUT2D eigenvalue weighted by Gasteiger charge is 2.46. The summed E-state index contributed by atoms with van der Waals surface area (Å²) < 4.78 is 1.82. The lowest BCUT2D eigenvalue weighted by Crippen LogP contribution is -2.49. The van der Waals surface area contributed by atoms with Gasteiger partial charge in [0.05, 0.1) is 6.20 Å². The third kappa shape index (κ3) is 3.39. The Morgan fingerprint density at radius 2 is 2.17 bits per heavy atom. The summed E-state index contributed by atoms with van der Waals surface area (Å²) >= 11 is 1.83. The van der Waals surface area contributed by atoms with E-state index in [1.807, 2.05) is 35.5 Å². The summed E-state index contributed by atoms with van der Waals surface area (Å²) in [7, 11) is 1.93. The molecule has 0 unspecified atom stereocenters. The minimum atomic E-state index is 0.187. The molecule has 2 aliphatic rings. The number of aryl methyl sites for hydroxylation is 1. The average molecular weight is 344 g/mol. The lowest BCUT2D eigenvalue weighted by Gasteiger charge is -2.34. The monoisotopic (exact) mass is 344 g/mol. The smallest absolute Gasteiger partial charge is 0.226 e. The highest BCUT2D eigenvalue weighted by molar-refractivity contribution is 7.09. The van der Waals surface area contributed by atoms with Crippen LogP contribution in [0.15, 0.2) is 29.9 Å². The molecule has 4 rings (SSSR count). The Morgan fingerprint density at radius 1 is 1.33 bits per heavy atom. The predicted molar refractivity (Wildman–Crippen MR) is 95.1 cm³/mol. The number of hydrogen-bond donors (Lipinski definition) is 0. The first-order valence-electron chi connectivity index (χ1n) is 8.73. The highest BCUT2D eigenvalue weighted by atomic mass is 32.1. The van der Waals surface area contributed by atoms with Crippen LogP contribution in [-0.4, -0.2) is 58.2 Å². The Morgan fingerprint density at radius 3 is 2.83 bits per heavy atom. The number of carbonyl (C=O) groups excluding carboxylic acids is 1. The van der Waals surface area contributed by atoms with Crippen LogP contribution in [0.3, 0.4) is 0 Å². The van der Waals surface area contributed by atoms with E-state index in [1.54, 1.807) is 0 Å². The first kappa shape index (κ1) is 15.8. The number of carbonyl (C=O) groups is 1. The molecule has 5 nitrogen and oxygen atoms in total. The van der Waals surface area contributed by atoms with Crippen molar-refractivity contribution in [1.82, 2.24) is 19.6 Å². The predicted octanol–water partition coefficient (Wildman–Crippen LogP) is 1.97. The quantitative estimate of drug-likeness (QED) is 0.833. The minimum Gasteiger partial charge on any atom is -0.340 e. The second-order valence-corrected chi connectivity index (χ2v) is 7.92. The van der Waals surface area contributed by atoms with Gasteiger partial charge in [-0.2, -0.15) is 5.10 Å². The van der Waals surface area contributed by atoms with Crippen LogP contribution in [0.25, 0.3) is 0 Å². The largest absolute Gasteiger partial charge is 0.340 e. The Balaban J connectivity index is 1.23. The van der Waals surface area contributed by atoms with E-state index in [2.05, 4.69) is 32.4 Å². The molecule has 24 heavy (non-hydrogen) atoms. The molecule has 2 atom stereocenters. The van der Waals surface area contributed by atoms with Gasteiger partial charge in [-0.05, 0) is 35.8 Å². The standard InChI is InChI=1S/C18H24N4OS/c1-20-13-14(12-19-20)16-11-17(16)18(23)22-8-6-21(7-9-22)5-4-15-3-2-10-24-15/h2-3,10,12-13,16-17H,4-9,11H2,1H3/t16-,17+/m1/s1. The molecular weight excluding hydrogens is 320 g/mol. The van der Waals surface area contributed by atoms with Crippen molar-refractivity contribution in [3.05, 3.63) is 40.3 Å². The molecule has 0 N–H and O–H groups in total. The maximum Gasteiger partial charge on any atom is 0.226 e. The Bertz CT molecular complexity index is 688. The van der Waals surface area contributed by atoms with Crippen LogP contribution in [0.5, 0.6) is 0 Å². The van der Waals surface area contributed by atoms with E-state index in [4.69, 9.17) is 0 Å². The molecule has 0 radical (unpaired) electrons. The molecule has 2 aromatic rings. The number of nitrogens with zero attached hydrogens (tertiary/aromatic N) is 4. The van der Waals surface area contributed by atoms with Crippen LogP contribution in [-0.2, 0) is 18.3 Å². The lowest BCUT2D eigenvalue weighted by atomic mass is 10.1. The van der Waals surface area contributed by atoms with Crippen molar-refractivity contribution < 1.29 is 4.79 Å². The summed E-state index contributed by atoms with van der Waals surface area (Å²) in [4.78, 5) is 18.7. The zero-order valence-electron chi connectivity index (χ0n) is 14.1. The summed E-state index contributed by atoms with van der Waals surface area (Å²) in [5, 5.41) is 6.36. The SMILES string of the molecule is Cn1cc([C@H]2C[C@@H]2C(=O)N2CCN(CCc3cccs3)CC2)cn1. The fourth-order valence-electron chi connectivity index (χ4n) is 3.62. The van der Waals surface area contributed by atoms with Gasteiger partial charge >= 0.3 is 0 Å². The summed E-state index contributed by atoms with van der Waals surface area (Å²) in [6, 6.07) is 4.32. The van der Waals surface area contributed by atoms with Crippen molar-refractivity contribution >= 4 is 17.2 Å². The van der Waals surface area contributed by atoms with Crippen LogP contribution >= 0.6 is 11.3 Å². The van der Waals surface area contributed by atoms with Gasteiger partial charge in [0.2, 0.25) is 5.91 Å². The summed E-state index contributed by atoms with van der Waals surface area (Å²) in [5.41, 5.74) is 1.21. The van der Waals surface area contributed by atoms with E-state index in [0.717, 1.165) is 45.6 Å². The maximum atomic E-state index is 12.7. The average Bonchev–Trinajstić information content (AvgIpc) is 3.00. The van der Waals surface area contributed by atoms with Crippen LogP contribution in [0.4, 0.5) is 0 Å². The van der Waals surface area contributed by atoms with Crippen molar-refractivity contribution in [2.45, 2.75) is 18.8 Å². The van der Waals surface area contributed by atoms with E-state index >= 15 is 0 Å². The molecule has 0 aromatic carbocycles. The van der Waals surface area contributed by atoms with Crippen molar-refractivity contribution in [2.24, 2.45) is 13.0 Å². The molecule has 0 bridgehead atoms. The molecule has 2 fully saturated rings. The van der Waals surface area contributed by atoms with Gasteiger partial charge in [0.25, 0.3) is 0 Å². The topological polar surface area (TPSA) is 41.4 Å². The summed E-state index contributed by atoms with van der Waals surface area (Å²) in [6.45, 7) is 4.85. The summed E-state index contributed by atoms with van der Waals surface area (Å²) in [6.07, 6.45) is 6.06. The zero-order chi connectivity index (χ0) is 16.5. The molecule has 0 spiro atoms. The molecule has 6 heteroatoms. The third-order valence-electron chi connectivity index (χ3n) is 5.20. The number of amides is 1. The van der Waals surface area contributed by atoms with Crippen LogP contribution in [0, 0.1) is 5.92 Å². The first-order valence-corrected chi connectivity index (χ1v) is 9.61. The van der Waals surface area contributed by atoms with Crippen molar-refractivity contribution in [2.75, 3.05) is 32.7 Å². The first-order chi connectivity index (χ1) is 11.7. The fraction of sp³-hybridized carbons (Fsp3) is 0.556. The maximum absolute atomic E-state index is 12.7. The second-order valence-electron chi connectivity index (χ2n) is 6.89. The lowest BCUT2D eigenvalue weighted by molar-refractivity contribution is -0.134. The van der Waals surface area contributed by atoms with Crippen LogP contribution in [0.1, 0.15) is 22.8 Å². The Hall–Kier alpha value is -1.66. The van der Waals surface area contributed by atoms with Gasteiger partial charge in [-0.15, -0.1) is 11.3 Å². The van der Waals surface area contributed by atoms with Crippen molar-refractivity contribution in [1.29, 1.82) is 0 Å².